The third-order valence-electron chi connectivity index (χ3n) is 4.02. The van der Waals surface area contributed by atoms with Crippen LogP contribution in [0.4, 0.5) is 0 Å². The lowest BCUT2D eigenvalue weighted by molar-refractivity contribution is -0.233. The first-order chi connectivity index (χ1) is 6.08. The molecule has 4 heteroatoms. The molecule has 0 radical (unpaired) electrons. The van der Waals surface area contributed by atoms with Gasteiger partial charge in [-0.1, -0.05) is 6.92 Å². The van der Waals surface area contributed by atoms with Crippen molar-refractivity contribution in [1.82, 2.24) is 5.32 Å². The molecule has 1 atom stereocenters. The second kappa shape index (κ2) is 3.38. The van der Waals surface area contributed by atoms with E-state index in [1.807, 2.05) is 7.05 Å². The molecule has 3 rings (SSSR count). The van der Waals surface area contributed by atoms with E-state index in [4.69, 9.17) is 5.11 Å². The molecule has 2 bridgehead atoms. The molecule has 0 heterocycles. The molecule has 3 fully saturated rings. The SMILES string of the molecule is CC[C@@H](NC)C12CC(C(=O)O)(C1)C2.Cl. The molecular formula is C10H18ClNO2. The summed E-state index contributed by atoms with van der Waals surface area (Å²) in [4.78, 5) is 10.9. The minimum Gasteiger partial charge on any atom is -0.481 e. The number of carboxylic acid groups (broad SMARTS) is 1. The van der Waals surface area contributed by atoms with Crippen LogP contribution in [0.3, 0.4) is 0 Å². The summed E-state index contributed by atoms with van der Waals surface area (Å²) in [6.07, 6.45) is 3.80. The van der Waals surface area contributed by atoms with Crippen LogP contribution in [0.15, 0.2) is 0 Å². The van der Waals surface area contributed by atoms with Crippen LogP contribution in [0.25, 0.3) is 0 Å². The fraction of sp³-hybridized carbons (Fsp3) is 0.900. The second-order valence-corrected chi connectivity index (χ2v) is 4.73. The highest BCUT2D eigenvalue weighted by atomic mass is 35.5. The molecular weight excluding hydrogens is 202 g/mol. The van der Waals surface area contributed by atoms with E-state index in [0.29, 0.717) is 11.5 Å². The molecule has 3 aliphatic carbocycles. The third-order valence-corrected chi connectivity index (χ3v) is 4.02. The minimum atomic E-state index is -0.583. The number of rotatable bonds is 4. The van der Waals surface area contributed by atoms with Crippen molar-refractivity contribution >= 4 is 18.4 Å². The fourth-order valence-corrected chi connectivity index (χ4v) is 3.41. The average Bonchev–Trinajstić information content (AvgIpc) is 1.91. The summed E-state index contributed by atoms with van der Waals surface area (Å²) in [5.41, 5.74) is 0.0200. The van der Waals surface area contributed by atoms with Gasteiger partial charge in [0.25, 0.3) is 0 Å². The Morgan fingerprint density at radius 1 is 1.50 bits per heavy atom. The van der Waals surface area contributed by atoms with E-state index in [2.05, 4.69) is 12.2 Å². The van der Waals surface area contributed by atoms with Gasteiger partial charge in [-0.15, -0.1) is 12.4 Å². The average molecular weight is 220 g/mol. The molecule has 0 spiro atoms. The van der Waals surface area contributed by atoms with E-state index in [-0.39, 0.29) is 17.8 Å². The number of carboxylic acids is 1. The Kier molecular flexibility index (Phi) is 2.85. The molecule has 82 valence electrons. The van der Waals surface area contributed by atoms with Crippen LogP contribution in [0, 0.1) is 10.8 Å². The monoisotopic (exact) mass is 219 g/mol. The van der Waals surface area contributed by atoms with Crippen LogP contribution in [0.2, 0.25) is 0 Å². The highest BCUT2D eigenvalue weighted by Crippen LogP contribution is 2.74. The predicted octanol–water partition coefficient (Wildman–Crippen LogP) is 1.66. The van der Waals surface area contributed by atoms with E-state index in [1.54, 1.807) is 0 Å². The van der Waals surface area contributed by atoms with Crippen LogP contribution >= 0.6 is 12.4 Å². The molecule has 3 nitrogen and oxygen atoms in total. The summed E-state index contributed by atoms with van der Waals surface area (Å²) in [6.45, 7) is 2.16. The van der Waals surface area contributed by atoms with Crippen molar-refractivity contribution in [1.29, 1.82) is 0 Å². The number of aliphatic carboxylic acids is 1. The summed E-state index contributed by atoms with van der Waals surface area (Å²) < 4.78 is 0. The summed E-state index contributed by atoms with van der Waals surface area (Å²) in [6, 6.07) is 0.522. The Hall–Kier alpha value is -0.280. The Morgan fingerprint density at radius 2 is 2.00 bits per heavy atom. The predicted molar refractivity (Wildman–Crippen MR) is 56.7 cm³/mol. The Labute approximate surface area is 90.7 Å². The van der Waals surface area contributed by atoms with E-state index >= 15 is 0 Å². The molecule has 0 saturated heterocycles. The number of carbonyl (C=O) groups is 1. The minimum absolute atomic E-state index is 0. The first-order valence-corrected chi connectivity index (χ1v) is 4.99. The van der Waals surface area contributed by atoms with Gasteiger partial charge >= 0.3 is 5.97 Å². The van der Waals surface area contributed by atoms with Crippen molar-refractivity contribution < 1.29 is 9.90 Å². The summed E-state index contributed by atoms with van der Waals surface area (Å²) in [5, 5.41) is 12.2. The topological polar surface area (TPSA) is 49.3 Å². The number of nitrogens with one attached hydrogen (secondary N) is 1. The third kappa shape index (κ3) is 1.18. The zero-order valence-electron chi connectivity index (χ0n) is 8.67. The largest absolute Gasteiger partial charge is 0.481 e. The van der Waals surface area contributed by atoms with Crippen LogP contribution in [-0.4, -0.2) is 24.2 Å². The van der Waals surface area contributed by atoms with Gasteiger partial charge in [0, 0.05) is 6.04 Å². The molecule has 0 amide bonds. The molecule has 14 heavy (non-hydrogen) atoms. The van der Waals surface area contributed by atoms with Crippen molar-refractivity contribution in [3.8, 4) is 0 Å². The molecule has 0 aliphatic heterocycles. The van der Waals surface area contributed by atoms with Crippen LogP contribution in [0.1, 0.15) is 32.6 Å². The maximum absolute atomic E-state index is 10.9. The number of halogens is 1. The number of hydrogen-bond donors (Lipinski definition) is 2. The van der Waals surface area contributed by atoms with Gasteiger partial charge in [0.05, 0.1) is 5.41 Å². The van der Waals surface area contributed by atoms with E-state index < -0.39 is 5.97 Å². The molecule has 3 aliphatic rings. The summed E-state index contributed by atoms with van der Waals surface area (Å²) >= 11 is 0. The second-order valence-electron chi connectivity index (χ2n) is 4.73. The first kappa shape index (κ1) is 11.8. The Balaban J connectivity index is 0.000000980. The van der Waals surface area contributed by atoms with Crippen molar-refractivity contribution in [2.24, 2.45) is 10.8 Å². The molecule has 0 aromatic carbocycles. The molecule has 2 N–H and O–H groups in total. The van der Waals surface area contributed by atoms with Gasteiger partial charge in [0.1, 0.15) is 0 Å². The van der Waals surface area contributed by atoms with E-state index in [1.165, 1.54) is 0 Å². The zero-order chi connectivity index (χ0) is 9.69. The smallest absolute Gasteiger partial charge is 0.309 e. The standard InChI is InChI=1S/C10H17NO2.ClH/c1-3-7(11-2)9-4-10(5-9,6-9)8(12)13;/h7,11H,3-6H2,1-2H3,(H,12,13);1H/t7-,9?,10?;/m1./s1. The quantitative estimate of drug-likeness (QED) is 0.756. The van der Waals surface area contributed by atoms with Crippen LogP contribution < -0.4 is 5.32 Å². The Morgan fingerprint density at radius 3 is 2.29 bits per heavy atom. The highest BCUT2D eigenvalue weighted by Gasteiger charge is 2.73. The van der Waals surface area contributed by atoms with Gasteiger partial charge in [-0.3, -0.25) is 4.79 Å². The molecule has 0 aromatic rings. The van der Waals surface area contributed by atoms with Gasteiger partial charge in [0.15, 0.2) is 0 Å². The lowest BCUT2D eigenvalue weighted by Gasteiger charge is -2.71. The molecule has 3 saturated carbocycles. The van der Waals surface area contributed by atoms with Gasteiger partial charge in [0.2, 0.25) is 0 Å². The van der Waals surface area contributed by atoms with Crippen molar-refractivity contribution in [2.75, 3.05) is 7.05 Å². The van der Waals surface area contributed by atoms with Gasteiger partial charge in [-0.25, -0.2) is 0 Å². The maximum Gasteiger partial charge on any atom is 0.309 e. The van der Waals surface area contributed by atoms with Crippen molar-refractivity contribution in [2.45, 2.75) is 38.6 Å². The normalized spacial score (nSPS) is 40.1. The van der Waals surface area contributed by atoms with E-state index in [0.717, 1.165) is 25.7 Å². The van der Waals surface area contributed by atoms with Gasteiger partial charge in [-0.05, 0) is 38.1 Å². The fourth-order valence-electron chi connectivity index (χ4n) is 3.41. The Bertz CT molecular complexity index is 231. The van der Waals surface area contributed by atoms with Crippen molar-refractivity contribution in [3.63, 3.8) is 0 Å². The van der Waals surface area contributed by atoms with Gasteiger partial charge in [-0.2, -0.15) is 0 Å². The lowest BCUT2D eigenvalue weighted by atomic mass is 9.33. The van der Waals surface area contributed by atoms with Crippen LogP contribution in [0.5, 0.6) is 0 Å². The first-order valence-electron chi connectivity index (χ1n) is 4.99. The van der Waals surface area contributed by atoms with E-state index in [9.17, 15) is 4.79 Å². The highest BCUT2D eigenvalue weighted by molar-refractivity contribution is 5.85. The lowest BCUT2D eigenvalue weighted by Crippen LogP contribution is -2.71. The summed E-state index contributed by atoms with van der Waals surface area (Å²) in [5.74, 6) is -0.583. The summed E-state index contributed by atoms with van der Waals surface area (Å²) in [7, 11) is 1.97. The maximum atomic E-state index is 10.9. The van der Waals surface area contributed by atoms with Gasteiger partial charge < -0.3 is 10.4 Å². The van der Waals surface area contributed by atoms with Crippen molar-refractivity contribution in [3.05, 3.63) is 0 Å². The zero-order valence-corrected chi connectivity index (χ0v) is 9.49. The van der Waals surface area contributed by atoms with Crippen LogP contribution in [-0.2, 0) is 4.79 Å². The number of hydrogen-bond acceptors (Lipinski definition) is 2. The molecule has 0 unspecified atom stereocenters. The molecule has 0 aromatic heterocycles.